The summed E-state index contributed by atoms with van der Waals surface area (Å²) < 4.78 is 1.73. The van der Waals surface area contributed by atoms with E-state index in [0.717, 1.165) is 33.5 Å². The van der Waals surface area contributed by atoms with Gasteiger partial charge in [-0.15, -0.1) is 0 Å². The number of anilines is 1. The van der Waals surface area contributed by atoms with Gasteiger partial charge in [-0.2, -0.15) is 0 Å². The molecular formula is C24H30N6O2. The van der Waals surface area contributed by atoms with Crippen LogP contribution in [0, 0.1) is 6.92 Å². The van der Waals surface area contributed by atoms with E-state index >= 15 is 0 Å². The van der Waals surface area contributed by atoms with Crippen molar-refractivity contribution in [1.82, 2.24) is 24.8 Å². The van der Waals surface area contributed by atoms with Crippen molar-refractivity contribution < 1.29 is 9.59 Å². The number of nitrogens with one attached hydrogen (secondary N) is 1. The molecule has 1 amide bonds. The zero-order valence-corrected chi connectivity index (χ0v) is 19.2. The molecule has 3 aromatic rings. The lowest BCUT2D eigenvalue weighted by atomic mass is 10.0. The van der Waals surface area contributed by atoms with E-state index in [9.17, 15) is 9.59 Å². The molecule has 1 aliphatic heterocycles. The van der Waals surface area contributed by atoms with Gasteiger partial charge in [0.05, 0.1) is 18.6 Å². The second-order valence-electron chi connectivity index (χ2n) is 8.53. The Balaban J connectivity index is 1.65. The van der Waals surface area contributed by atoms with E-state index in [-0.39, 0.29) is 11.8 Å². The number of amides is 1. The normalized spacial score (nSPS) is 13.8. The number of hydrogen-bond donors (Lipinski definition) is 1. The molecule has 1 aliphatic rings. The maximum Gasteiger partial charge on any atom is 0.245 e. The van der Waals surface area contributed by atoms with E-state index < -0.39 is 0 Å². The van der Waals surface area contributed by atoms with Gasteiger partial charge in [-0.3, -0.25) is 19.1 Å². The Morgan fingerprint density at radius 1 is 1.19 bits per heavy atom. The Morgan fingerprint density at radius 3 is 2.72 bits per heavy atom. The van der Waals surface area contributed by atoms with Crippen molar-refractivity contribution in [3.8, 4) is 0 Å². The van der Waals surface area contributed by atoms with E-state index in [1.807, 2.05) is 63.4 Å². The molecule has 2 aromatic heterocycles. The topological polar surface area (TPSA) is 83.4 Å². The summed E-state index contributed by atoms with van der Waals surface area (Å²) in [6, 6.07) is 7.93. The highest BCUT2D eigenvalue weighted by molar-refractivity contribution is 5.97. The van der Waals surface area contributed by atoms with Crippen LogP contribution in [-0.4, -0.2) is 65.5 Å². The molecule has 0 radical (unpaired) electrons. The summed E-state index contributed by atoms with van der Waals surface area (Å²) in [5.41, 5.74) is 3.93. The number of benzene rings is 1. The zero-order chi connectivity index (χ0) is 22.8. The first kappa shape index (κ1) is 22.1. The summed E-state index contributed by atoms with van der Waals surface area (Å²) >= 11 is 0. The summed E-state index contributed by atoms with van der Waals surface area (Å²) in [6.45, 7) is 3.38. The molecule has 168 valence electrons. The largest absolute Gasteiger partial charge is 0.313 e. The Labute approximate surface area is 188 Å². The number of nitrogens with zero attached hydrogens (tertiary/aromatic N) is 5. The van der Waals surface area contributed by atoms with Gasteiger partial charge in [-0.05, 0) is 52.5 Å². The zero-order valence-electron chi connectivity index (χ0n) is 19.2. The average Bonchev–Trinajstić information content (AvgIpc) is 3.12. The number of aromatic nitrogens is 3. The van der Waals surface area contributed by atoms with E-state index in [4.69, 9.17) is 4.98 Å². The van der Waals surface area contributed by atoms with Gasteiger partial charge < -0.3 is 10.2 Å². The molecule has 8 nitrogen and oxygen atoms in total. The molecule has 0 atom stereocenters. The highest BCUT2D eigenvalue weighted by Gasteiger charge is 2.28. The predicted octanol–water partition coefficient (Wildman–Crippen LogP) is 2.18. The predicted molar refractivity (Wildman–Crippen MR) is 125 cm³/mol. The minimum atomic E-state index is 0.0249. The number of rotatable bonds is 7. The Kier molecular flexibility index (Phi) is 6.34. The molecule has 0 fully saturated rings. The molecule has 0 spiro atoms. The van der Waals surface area contributed by atoms with Crippen LogP contribution in [0.15, 0.2) is 30.5 Å². The highest BCUT2D eigenvalue weighted by Crippen LogP contribution is 2.29. The van der Waals surface area contributed by atoms with E-state index in [2.05, 4.69) is 10.3 Å². The van der Waals surface area contributed by atoms with E-state index in [1.54, 1.807) is 9.47 Å². The van der Waals surface area contributed by atoms with Crippen molar-refractivity contribution >= 4 is 28.5 Å². The van der Waals surface area contributed by atoms with Crippen LogP contribution in [0.2, 0.25) is 0 Å². The quantitative estimate of drug-likeness (QED) is 0.614. The van der Waals surface area contributed by atoms with Gasteiger partial charge >= 0.3 is 0 Å². The third-order valence-corrected chi connectivity index (χ3v) is 5.84. The Bertz CT molecular complexity index is 1170. The standard InChI is InChI=1S/C24H30N6O2/c1-16-18-9-10-22(31)29(24(18)27-21(26-16)13-25-2)12-11-17-14-30(23(32)15-28(3)4)20-8-6-5-7-19(17)20/h5-8,14,25H,9-13,15H2,1-4H3. The molecule has 1 N–H and O–H groups in total. The second kappa shape index (κ2) is 9.18. The van der Waals surface area contributed by atoms with Crippen LogP contribution in [0.3, 0.4) is 0 Å². The van der Waals surface area contributed by atoms with Gasteiger partial charge in [0.1, 0.15) is 11.6 Å². The lowest BCUT2D eigenvalue weighted by molar-refractivity contribution is -0.118. The van der Waals surface area contributed by atoms with Gasteiger partial charge in [-0.1, -0.05) is 18.2 Å². The molecule has 1 aromatic carbocycles. The monoisotopic (exact) mass is 434 g/mol. The van der Waals surface area contributed by atoms with Gasteiger partial charge in [0, 0.05) is 35.8 Å². The van der Waals surface area contributed by atoms with Crippen molar-refractivity contribution in [3.63, 3.8) is 0 Å². The highest BCUT2D eigenvalue weighted by atomic mass is 16.2. The molecule has 0 saturated heterocycles. The lowest BCUT2D eigenvalue weighted by Gasteiger charge is -2.29. The van der Waals surface area contributed by atoms with Crippen LogP contribution in [0.25, 0.3) is 10.9 Å². The minimum Gasteiger partial charge on any atom is -0.313 e. The summed E-state index contributed by atoms with van der Waals surface area (Å²) in [4.78, 5) is 38.6. The van der Waals surface area contributed by atoms with Crippen LogP contribution in [0.5, 0.6) is 0 Å². The number of likely N-dealkylation sites (N-methyl/N-ethyl adjacent to an activating group) is 1. The number of aryl methyl sites for hydroxylation is 1. The summed E-state index contributed by atoms with van der Waals surface area (Å²) in [6.07, 6.45) is 3.70. The SMILES string of the molecule is CNCc1nc(C)c2c(n1)N(CCc1cn(C(=O)CN(C)C)c3ccccc13)C(=O)CC2. The first-order chi connectivity index (χ1) is 15.4. The lowest BCUT2D eigenvalue weighted by Crippen LogP contribution is -2.38. The second-order valence-corrected chi connectivity index (χ2v) is 8.53. The van der Waals surface area contributed by atoms with Crippen molar-refractivity contribution in [1.29, 1.82) is 0 Å². The van der Waals surface area contributed by atoms with E-state index in [0.29, 0.717) is 44.7 Å². The van der Waals surface area contributed by atoms with Gasteiger partial charge in [0.2, 0.25) is 11.8 Å². The fourth-order valence-electron chi connectivity index (χ4n) is 4.34. The minimum absolute atomic E-state index is 0.0249. The molecule has 4 rings (SSSR count). The van der Waals surface area contributed by atoms with Crippen molar-refractivity contribution in [2.24, 2.45) is 0 Å². The number of carbonyl (C=O) groups is 2. The third-order valence-electron chi connectivity index (χ3n) is 5.84. The molecule has 3 heterocycles. The molecular weight excluding hydrogens is 404 g/mol. The number of fused-ring (bicyclic) bond motifs is 2. The fourth-order valence-corrected chi connectivity index (χ4v) is 4.34. The molecule has 8 heteroatoms. The fraction of sp³-hybridized carbons (Fsp3) is 0.417. The smallest absolute Gasteiger partial charge is 0.245 e. The van der Waals surface area contributed by atoms with Crippen molar-refractivity contribution in [2.45, 2.75) is 32.7 Å². The molecule has 0 aliphatic carbocycles. The van der Waals surface area contributed by atoms with Crippen LogP contribution in [0.4, 0.5) is 5.82 Å². The molecule has 0 bridgehead atoms. The maximum atomic E-state index is 12.8. The summed E-state index contributed by atoms with van der Waals surface area (Å²) in [5, 5.41) is 4.12. The van der Waals surface area contributed by atoms with Crippen LogP contribution >= 0.6 is 0 Å². The average molecular weight is 435 g/mol. The van der Waals surface area contributed by atoms with Gasteiger partial charge in [-0.25, -0.2) is 9.97 Å². The van der Waals surface area contributed by atoms with Crippen molar-refractivity contribution in [2.75, 3.05) is 39.1 Å². The summed E-state index contributed by atoms with van der Waals surface area (Å²) in [7, 11) is 5.63. The molecule has 0 unspecified atom stereocenters. The Morgan fingerprint density at radius 2 is 1.97 bits per heavy atom. The van der Waals surface area contributed by atoms with Gasteiger partial charge in [0.15, 0.2) is 0 Å². The summed E-state index contributed by atoms with van der Waals surface area (Å²) in [5.74, 6) is 1.52. The van der Waals surface area contributed by atoms with E-state index in [1.165, 1.54) is 0 Å². The van der Waals surface area contributed by atoms with Crippen molar-refractivity contribution in [3.05, 3.63) is 53.1 Å². The Hall–Kier alpha value is -3.10. The van der Waals surface area contributed by atoms with Crippen LogP contribution in [-0.2, 0) is 24.2 Å². The molecule has 32 heavy (non-hydrogen) atoms. The molecule has 0 saturated carbocycles. The van der Waals surface area contributed by atoms with Gasteiger partial charge in [0.25, 0.3) is 0 Å². The van der Waals surface area contributed by atoms with Crippen LogP contribution < -0.4 is 10.2 Å². The number of hydrogen-bond acceptors (Lipinski definition) is 6. The number of carbonyl (C=O) groups excluding carboxylic acids is 2. The first-order valence-electron chi connectivity index (χ1n) is 11.0. The van der Waals surface area contributed by atoms with Crippen LogP contribution in [0.1, 0.15) is 33.9 Å². The first-order valence-corrected chi connectivity index (χ1v) is 11.0. The maximum absolute atomic E-state index is 12.8. The third kappa shape index (κ3) is 4.28. The number of para-hydroxylation sites is 1.